The molecule has 2 amide bonds. The smallest absolute Gasteiger partial charge is 0.243 e. The van der Waals surface area contributed by atoms with Crippen LogP contribution in [0.3, 0.4) is 0 Å². The maximum atomic E-state index is 13.3. The van der Waals surface area contributed by atoms with E-state index in [1.54, 1.807) is 17.0 Å². The van der Waals surface area contributed by atoms with Crippen LogP contribution in [0.15, 0.2) is 48.5 Å². The molecule has 0 saturated heterocycles. The highest BCUT2D eigenvalue weighted by Crippen LogP contribution is 2.25. The van der Waals surface area contributed by atoms with Gasteiger partial charge in [0.1, 0.15) is 6.04 Å². The van der Waals surface area contributed by atoms with E-state index in [1.807, 2.05) is 43.3 Å². The number of amides is 2. The molecule has 0 spiro atoms. The summed E-state index contributed by atoms with van der Waals surface area (Å²) in [5, 5.41) is 4.06. The predicted octanol–water partition coefficient (Wildman–Crippen LogP) is 5.40. The van der Waals surface area contributed by atoms with Crippen molar-refractivity contribution in [3.8, 4) is 0 Å². The summed E-state index contributed by atoms with van der Waals surface area (Å²) < 4.78 is 0. The molecule has 2 aromatic rings. The topological polar surface area (TPSA) is 49.4 Å². The Kier molecular flexibility index (Phi) is 8.17. The first kappa shape index (κ1) is 22.6. The molecule has 1 aliphatic carbocycles. The molecule has 6 heteroatoms. The van der Waals surface area contributed by atoms with Crippen LogP contribution in [0.4, 0.5) is 0 Å². The van der Waals surface area contributed by atoms with E-state index in [4.69, 9.17) is 23.2 Å². The lowest BCUT2D eigenvalue weighted by Crippen LogP contribution is -2.51. The van der Waals surface area contributed by atoms with Gasteiger partial charge in [-0.05, 0) is 42.5 Å². The van der Waals surface area contributed by atoms with Gasteiger partial charge in [0.15, 0.2) is 0 Å². The van der Waals surface area contributed by atoms with Crippen molar-refractivity contribution in [3.63, 3.8) is 0 Å². The number of halogens is 2. The van der Waals surface area contributed by atoms with Gasteiger partial charge >= 0.3 is 0 Å². The standard InChI is InChI=1S/C24H28Cl2N2O2/c1-2-22(24(30)27-19-10-6-7-11-19)28(16-18-12-13-20(25)21(26)14-18)23(29)15-17-8-4-3-5-9-17/h3-5,8-9,12-14,19,22H,2,6-7,10-11,15-16H2,1H3,(H,27,30). The number of hydrogen-bond donors (Lipinski definition) is 1. The van der Waals surface area contributed by atoms with Gasteiger partial charge in [-0.15, -0.1) is 0 Å². The fourth-order valence-corrected chi connectivity index (χ4v) is 4.31. The number of benzene rings is 2. The molecule has 0 radical (unpaired) electrons. The van der Waals surface area contributed by atoms with Crippen LogP contribution in [-0.2, 0) is 22.6 Å². The van der Waals surface area contributed by atoms with Gasteiger partial charge in [-0.25, -0.2) is 0 Å². The highest BCUT2D eigenvalue weighted by atomic mass is 35.5. The molecule has 0 heterocycles. The first-order valence-corrected chi connectivity index (χ1v) is 11.3. The Morgan fingerprint density at radius 3 is 2.37 bits per heavy atom. The molecule has 0 aromatic heterocycles. The van der Waals surface area contributed by atoms with E-state index >= 15 is 0 Å². The maximum Gasteiger partial charge on any atom is 0.243 e. The molecule has 30 heavy (non-hydrogen) atoms. The highest BCUT2D eigenvalue weighted by Gasteiger charge is 2.30. The van der Waals surface area contributed by atoms with E-state index in [0.717, 1.165) is 36.8 Å². The van der Waals surface area contributed by atoms with E-state index in [-0.39, 0.29) is 24.3 Å². The number of hydrogen-bond acceptors (Lipinski definition) is 2. The third-order valence-electron chi connectivity index (χ3n) is 5.62. The van der Waals surface area contributed by atoms with E-state index in [0.29, 0.717) is 23.0 Å². The molecule has 3 rings (SSSR count). The number of nitrogens with zero attached hydrogens (tertiary/aromatic N) is 1. The lowest BCUT2D eigenvalue weighted by Gasteiger charge is -2.31. The minimum absolute atomic E-state index is 0.0779. The third kappa shape index (κ3) is 5.99. The number of carbonyl (C=O) groups excluding carboxylic acids is 2. The van der Waals surface area contributed by atoms with Gasteiger partial charge in [0.2, 0.25) is 11.8 Å². The predicted molar refractivity (Wildman–Crippen MR) is 122 cm³/mol. The second kappa shape index (κ2) is 10.8. The molecule has 1 aliphatic rings. The second-order valence-electron chi connectivity index (χ2n) is 7.85. The third-order valence-corrected chi connectivity index (χ3v) is 6.36. The van der Waals surface area contributed by atoms with Gasteiger partial charge in [0, 0.05) is 12.6 Å². The zero-order chi connectivity index (χ0) is 21.5. The lowest BCUT2D eigenvalue weighted by atomic mass is 10.1. The van der Waals surface area contributed by atoms with Gasteiger partial charge < -0.3 is 10.2 Å². The first-order valence-electron chi connectivity index (χ1n) is 10.6. The minimum atomic E-state index is -0.531. The summed E-state index contributed by atoms with van der Waals surface area (Å²) >= 11 is 12.2. The lowest BCUT2D eigenvalue weighted by molar-refractivity contribution is -0.141. The molecule has 1 N–H and O–H groups in total. The summed E-state index contributed by atoms with van der Waals surface area (Å²) in [7, 11) is 0. The molecular weight excluding hydrogens is 419 g/mol. The van der Waals surface area contributed by atoms with Crippen LogP contribution < -0.4 is 5.32 Å². The summed E-state index contributed by atoms with van der Waals surface area (Å²) in [6.07, 6.45) is 5.08. The van der Waals surface area contributed by atoms with Crippen LogP contribution in [0.2, 0.25) is 10.0 Å². The van der Waals surface area contributed by atoms with Gasteiger partial charge in [-0.1, -0.05) is 79.4 Å². The van der Waals surface area contributed by atoms with Crippen LogP contribution in [0.25, 0.3) is 0 Å². The van der Waals surface area contributed by atoms with Crippen molar-refractivity contribution in [2.24, 2.45) is 0 Å². The van der Waals surface area contributed by atoms with E-state index in [2.05, 4.69) is 5.32 Å². The van der Waals surface area contributed by atoms with Crippen molar-refractivity contribution in [2.45, 2.75) is 64.1 Å². The fraction of sp³-hybridized carbons (Fsp3) is 0.417. The number of nitrogens with one attached hydrogen (secondary N) is 1. The average molecular weight is 447 g/mol. The van der Waals surface area contributed by atoms with Gasteiger partial charge in [-0.2, -0.15) is 0 Å². The summed E-state index contributed by atoms with van der Waals surface area (Å²) in [6, 6.07) is 14.6. The van der Waals surface area contributed by atoms with Crippen molar-refractivity contribution < 1.29 is 9.59 Å². The first-order chi connectivity index (χ1) is 14.5. The minimum Gasteiger partial charge on any atom is -0.352 e. The Morgan fingerprint density at radius 2 is 1.73 bits per heavy atom. The Balaban J connectivity index is 1.82. The van der Waals surface area contributed by atoms with Crippen LogP contribution in [0, 0.1) is 0 Å². The van der Waals surface area contributed by atoms with Crippen LogP contribution in [-0.4, -0.2) is 28.8 Å². The molecule has 1 atom stereocenters. The van der Waals surface area contributed by atoms with Crippen molar-refractivity contribution in [1.82, 2.24) is 10.2 Å². The van der Waals surface area contributed by atoms with Crippen molar-refractivity contribution >= 4 is 35.0 Å². The molecule has 1 unspecified atom stereocenters. The maximum absolute atomic E-state index is 13.3. The average Bonchev–Trinajstić information content (AvgIpc) is 3.24. The highest BCUT2D eigenvalue weighted by molar-refractivity contribution is 6.42. The normalized spacial score (nSPS) is 15.0. The molecule has 1 fully saturated rings. The Bertz CT molecular complexity index is 867. The molecular formula is C24H28Cl2N2O2. The van der Waals surface area contributed by atoms with Gasteiger partial charge in [-0.3, -0.25) is 9.59 Å². The van der Waals surface area contributed by atoms with Gasteiger partial charge in [0.25, 0.3) is 0 Å². The van der Waals surface area contributed by atoms with Gasteiger partial charge in [0.05, 0.1) is 16.5 Å². The molecule has 4 nitrogen and oxygen atoms in total. The van der Waals surface area contributed by atoms with Crippen molar-refractivity contribution in [3.05, 3.63) is 69.7 Å². The largest absolute Gasteiger partial charge is 0.352 e. The Hall–Kier alpha value is -2.04. The van der Waals surface area contributed by atoms with E-state index in [1.165, 1.54) is 0 Å². The summed E-state index contributed by atoms with van der Waals surface area (Å²) in [5.41, 5.74) is 1.77. The Labute approximate surface area is 188 Å². The fourth-order valence-electron chi connectivity index (χ4n) is 3.99. The number of carbonyl (C=O) groups is 2. The number of rotatable bonds is 8. The molecule has 0 aliphatic heterocycles. The van der Waals surface area contributed by atoms with Crippen molar-refractivity contribution in [1.29, 1.82) is 0 Å². The summed E-state index contributed by atoms with van der Waals surface area (Å²) in [4.78, 5) is 28.1. The zero-order valence-corrected chi connectivity index (χ0v) is 18.8. The quantitative estimate of drug-likeness (QED) is 0.589. The summed E-state index contributed by atoms with van der Waals surface area (Å²) in [5.74, 6) is -0.161. The summed E-state index contributed by atoms with van der Waals surface area (Å²) in [6.45, 7) is 2.25. The molecule has 0 bridgehead atoms. The molecule has 1 saturated carbocycles. The molecule has 160 valence electrons. The second-order valence-corrected chi connectivity index (χ2v) is 8.66. The van der Waals surface area contributed by atoms with E-state index in [9.17, 15) is 9.59 Å². The van der Waals surface area contributed by atoms with Crippen LogP contribution in [0.1, 0.15) is 50.2 Å². The monoisotopic (exact) mass is 446 g/mol. The molecule has 2 aromatic carbocycles. The SMILES string of the molecule is CCC(C(=O)NC1CCCC1)N(Cc1ccc(Cl)c(Cl)c1)C(=O)Cc1ccccc1. The Morgan fingerprint density at radius 1 is 1.03 bits per heavy atom. The van der Waals surface area contributed by atoms with Crippen LogP contribution in [0.5, 0.6) is 0 Å². The van der Waals surface area contributed by atoms with Crippen molar-refractivity contribution in [2.75, 3.05) is 0 Å². The zero-order valence-electron chi connectivity index (χ0n) is 17.2. The van der Waals surface area contributed by atoms with Crippen LogP contribution >= 0.6 is 23.2 Å². The van der Waals surface area contributed by atoms with E-state index < -0.39 is 6.04 Å².